The van der Waals surface area contributed by atoms with Crippen LogP contribution in [0.15, 0.2) is 24.3 Å². The van der Waals surface area contributed by atoms with Gasteiger partial charge in [0.05, 0.1) is 0 Å². The molecular weight excluding hydrogens is 262 g/mol. The Morgan fingerprint density at radius 3 is 2.74 bits per heavy atom. The molecule has 2 atom stereocenters. The van der Waals surface area contributed by atoms with Crippen molar-refractivity contribution in [3.63, 3.8) is 0 Å². The molecule has 4 heteroatoms. The Morgan fingerprint density at radius 1 is 1.37 bits per heavy atom. The fourth-order valence-corrected chi connectivity index (χ4v) is 2.87. The molecule has 102 valence electrons. The van der Waals surface area contributed by atoms with E-state index in [9.17, 15) is 9.59 Å². The topological polar surface area (TPSA) is 46.2 Å². The highest BCUT2D eigenvalue weighted by Gasteiger charge is 2.36. The van der Waals surface area contributed by atoms with Crippen molar-refractivity contribution in [3.8, 4) is 0 Å². The fourth-order valence-electron chi connectivity index (χ4n) is 2.67. The van der Waals surface area contributed by atoms with Crippen molar-refractivity contribution in [2.24, 2.45) is 11.8 Å². The maximum Gasteiger partial charge on any atom is 0.230 e. The van der Waals surface area contributed by atoms with Crippen LogP contribution in [0.1, 0.15) is 38.2 Å². The summed E-state index contributed by atoms with van der Waals surface area (Å²) in [6.07, 6.45) is 1.12. The molecule has 1 aromatic carbocycles. The number of halogens is 1. The standard InChI is InChI=1S/C15H18ClNO2/c1-9(2)6-13-12(8-14(18)17-15(13)19)10-4-3-5-11(16)7-10/h3-5,7,9,12-13H,6,8H2,1-2H3,(H,17,18,19). The zero-order valence-electron chi connectivity index (χ0n) is 11.2. The van der Waals surface area contributed by atoms with Crippen LogP contribution in [0.4, 0.5) is 0 Å². The Balaban J connectivity index is 2.32. The molecular formula is C15H18ClNO2. The van der Waals surface area contributed by atoms with Gasteiger partial charge in [-0.05, 0) is 30.0 Å². The van der Waals surface area contributed by atoms with Gasteiger partial charge in [-0.1, -0.05) is 37.6 Å². The van der Waals surface area contributed by atoms with Gasteiger partial charge < -0.3 is 0 Å². The van der Waals surface area contributed by atoms with Crippen LogP contribution >= 0.6 is 11.6 Å². The molecule has 1 aliphatic heterocycles. The van der Waals surface area contributed by atoms with Crippen LogP contribution in [0.3, 0.4) is 0 Å². The van der Waals surface area contributed by atoms with E-state index in [1.165, 1.54) is 0 Å². The van der Waals surface area contributed by atoms with Crippen LogP contribution in [0.5, 0.6) is 0 Å². The monoisotopic (exact) mass is 279 g/mol. The largest absolute Gasteiger partial charge is 0.296 e. The van der Waals surface area contributed by atoms with Crippen LogP contribution < -0.4 is 5.32 Å². The van der Waals surface area contributed by atoms with Crippen molar-refractivity contribution in [1.29, 1.82) is 0 Å². The van der Waals surface area contributed by atoms with E-state index in [4.69, 9.17) is 11.6 Å². The minimum atomic E-state index is -0.199. The highest BCUT2D eigenvalue weighted by Crippen LogP contribution is 2.36. The number of hydrogen-bond donors (Lipinski definition) is 1. The Hall–Kier alpha value is -1.35. The molecule has 1 aromatic rings. The summed E-state index contributed by atoms with van der Waals surface area (Å²) in [7, 11) is 0. The summed E-state index contributed by atoms with van der Waals surface area (Å²) in [5, 5.41) is 3.08. The van der Waals surface area contributed by atoms with E-state index in [-0.39, 0.29) is 23.7 Å². The zero-order valence-corrected chi connectivity index (χ0v) is 11.9. The normalized spacial score (nSPS) is 23.6. The number of piperidine rings is 1. The van der Waals surface area contributed by atoms with Crippen molar-refractivity contribution in [2.75, 3.05) is 0 Å². The number of benzene rings is 1. The highest BCUT2D eigenvalue weighted by atomic mass is 35.5. The van der Waals surface area contributed by atoms with Gasteiger partial charge in [-0.25, -0.2) is 0 Å². The molecule has 3 nitrogen and oxygen atoms in total. The average Bonchev–Trinajstić information content (AvgIpc) is 2.32. The lowest BCUT2D eigenvalue weighted by molar-refractivity contribution is -0.137. The summed E-state index contributed by atoms with van der Waals surface area (Å²) >= 11 is 6.00. The van der Waals surface area contributed by atoms with Crippen LogP contribution in [0.25, 0.3) is 0 Å². The Morgan fingerprint density at radius 2 is 2.11 bits per heavy atom. The van der Waals surface area contributed by atoms with E-state index in [0.717, 1.165) is 12.0 Å². The van der Waals surface area contributed by atoms with Gasteiger partial charge in [-0.3, -0.25) is 14.9 Å². The number of hydrogen-bond acceptors (Lipinski definition) is 2. The van der Waals surface area contributed by atoms with Crippen LogP contribution in [-0.2, 0) is 9.59 Å². The maximum absolute atomic E-state index is 12.0. The van der Waals surface area contributed by atoms with E-state index in [1.807, 2.05) is 18.2 Å². The molecule has 1 N–H and O–H groups in total. The van der Waals surface area contributed by atoms with Crippen molar-refractivity contribution in [1.82, 2.24) is 5.32 Å². The minimum absolute atomic E-state index is 0.0673. The van der Waals surface area contributed by atoms with E-state index in [0.29, 0.717) is 17.4 Å². The van der Waals surface area contributed by atoms with Gasteiger partial charge >= 0.3 is 0 Å². The molecule has 0 spiro atoms. The summed E-state index contributed by atoms with van der Waals surface area (Å²) in [5.74, 6) is -0.172. The lowest BCUT2D eigenvalue weighted by atomic mass is 9.76. The first-order valence-electron chi connectivity index (χ1n) is 6.56. The van der Waals surface area contributed by atoms with E-state index in [2.05, 4.69) is 19.2 Å². The van der Waals surface area contributed by atoms with Gasteiger partial charge in [-0.15, -0.1) is 0 Å². The number of imide groups is 1. The first-order valence-corrected chi connectivity index (χ1v) is 6.94. The average molecular weight is 280 g/mol. The second-order valence-electron chi connectivity index (χ2n) is 5.51. The summed E-state index contributed by atoms with van der Waals surface area (Å²) in [5.41, 5.74) is 0.973. The smallest absolute Gasteiger partial charge is 0.230 e. The van der Waals surface area contributed by atoms with Crippen LogP contribution in [0, 0.1) is 11.8 Å². The van der Waals surface area contributed by atoms with Crippen molar-refractivity contribution in [3.05, 3.63) is 34.9 Å². The molecule has 1 saturated heterocycles. The summed E-state index contributed by atoms with van der Waals surface area (Å²) < 4.78 is 0. The Kier molecular flexibility index (Phi) is 4.25. The minimum Gasteiger partial charge on any atom is -0.296 e. The molecule has 2 unspecified atom stereocenters. The molecule has 1 aliphatic rings. The molecule has 19 heavy (non-hydrogen) atoms. The predicted molar refractivity (Wildman–Crippen MR) is 74.9 cm³/mol. The van der Waals surface area contributed by atoms with Gasteiger partial charge in [0.1, 0.15) is 0 Å². The lowest BCUT2D eigenvalue weighted by Crippen LogP contribution is -2.45. The van der Waals surface area contributed by atoms with Gasteiger partial charge in [0, 0.05) is 23.3 Å². The molecule has 0 bridgehead atoms. The maximum atomic E-state index is 12.0. The highest BCUT2D eigenvalue weighted by molar-refractivity contribution is 6.30. The molecule has 1 fully saturated rings. The van der Waals surface area contributed by atoms with Gasteiger partial charge in [0.2, 0.25) is 11.8 Å². The second kappa shape index (κ2) is 5.74. The number of nitrogens with one attached hydrogen (secondary N) is 1. The molecule has 0 aliphatic carbocycles. The number of carbonyl (C=O) groups is 2. The van der Waals surface area contributed by atoms with Gasteiger partial charge in [0.25, 0.3) is 0 Å². The number of amides is 2. The van der Waals surface area contributed by atoms with Crippen LogP contribution in [0.2, 0.25) is 5.02 Å². The number of carbonyl (C=O) groups excluding carboxylic acids is 2. The number of rotatable bonds is 3. The molecule has 2 rings (SSSR count). The molecule has 0 aromatic heterocycles. The third kappa shape index (κ3) is 3.35. The van der Waals surface area contributed by atoms with Crippen LogP contribution in [-0.4, -0.2) is 11.8 Å². The summed E-state index contributed by atoms with van der Waals surface area (Å²) in [6, 6.07) is 7.45. The third-order valence-electron chi connectivity index (χ3n) is 3.49. The molecule has 0 saturated carbocycles. The van der Waals surface area contributed by atoms with Crippen molar-refractivity contribution < 1.29 is 9.59 Å². The third-order valence-corrected chi connectivity index (χ3v) is 3.73. The Bertz CT molecular complexity index is 499. The second-order valence-corrected chi connectivity index (χ2v) is 5.95. The fraction of sp³-hybridized carbons (Fsp3) is 0.467. The van der Waals surface area contributed by atoms with Crippen molar-refractivity contribution in [2.45, 2.75) is 32.6 Å². The predicted octanol–water partition coefficient (Wildman–Crippen LogP) is 3.13. The molecule has 2 amide bonds. The first-order chi connectivity index (χ1) is 8.97. The van der Waals surface area contributed by atoms with Gasteiger partial charge in [0.15, 0.2) is 0 Å². The summed E-state index contributed by atoms with van der Waals surface area (Å²) in [4.78, 5) is 23.7. The lowest BCUT2D eigenvalue weighted by Gasteiger charge is -2.31. The zero-order chi connectivity index (χ0) is 14.0. The molecule has 0 radical (unpaired) electrons. The molecule has 1 heterocycles. The summed E-state index contributed by atoms with van der Waals surface area (Å²) in [6.45, 7) is 4.16. The van der Waals surface area contributed by atoms with Gasteiger partial charge in [-0.2, -0.15) is 0 Å². The van der Waals surface area contributed by atoms with E-state index < -0.39 is 0 Å². The SMILES string of the molecule is CC(C)CC1C(=O)NC(=O)CC1c1cccc(Cl)c1. The van der Waals surface area contributed by atoms with E-state index >= 15 is 0 Å². The Labute approximate surface area is 118 Å². The quantitative estimate of drug-likeness (QED) is 0.864. The van der Waals surface area contributed by atoms with E-state index in [1.54, 1.807) is 6.07 Å². The first kappa shape index (κ1) is 14.1. The van der Waals surface area contributed by atoms with Crippen molar-refractivity contribution >= 4 is 23.4 Å².